The van der Waals surface area contributed by atoms with Crippen molar-refractivity contribution in [3.05, 3.63) is 28.3 Å². The SMILES string of the molecule is CCc1cc(Cl)cc(CC(C)(C)C(=O)O)c1O. The van der Waals surface area contributed by atoms with Crippen molar-refractivity contribution >= 4 is 17.6 Å². The predicted molar refractivity (Wildman–Crippen MR) is 67.6 cm³/mol. The summed E-state index contributed by atoms with van der Waals surface area (Å²) >= 11 is 5.95. The number of phenols is 1. The van der Waals surface area contributed by atoms with E-state index in [1.54, 1.807) is 26.0 Å². The first kappa shape index (κ1) is 13.8. The molecular weight excluding hydrogens is 240 g/mol. The van der Waals surface area contributed by atoms with Crippen molar-refractivity contribution in [1.29, 1.82) is 0 Å². The van der Waals surface area contributed by atoms with Gasteiger partial charge in [0.25, 0.3) is 0 Å². The van der Waals surface area contributed by atoms with Gasteiger partial charge in [0.15, 0.2) is 0 Å². The van der Waals surface area contributed by atoms with Gasteiger partial charge in [0.1, 0.15) is 5.75 Å². The summed E-state index contributed by atoms with van der Waals surface area (Å²) in [7, 11) is 0. The van der Waals surface area contributed by atoms with Gasteiger partial charge < -0.3 is 10.2 Å². The Morgan fingerprint density at radius 3 is 2.35 bits per heavy atom. The number of carboxylic acid groups (broad SMARTS) is 1. The second-order valence-electron chi connectivity index (χ2n) is 4.79. The molecule has 1 aromatic rings. The summed E-state index contributed by atoms with van der Waals surface area (Å²) in [6.45, 7) is 5.17. The maximum atomic E-state index is 11.1. The van der Waals surface area contributed by atoms with Crippen LogP contribution in [0.1, 0.15) is 31.9 Å². The molecule has 1 rings (SSSR count). The van der Waals surface area contributed by atoms with Crippen LogP contribution < -0.4 is 0 Å². The van der Waals surface area contributed by atoms with Crippen LogP contribution in [0.2, 0.25) is 5.02 Å². The van der Waals surface area contributed by atoms with E-state index in [1.165, 1.54) is 0 Å². The molecule has 94 valence electrons. The Labute approximate surface area is 106 Å². The molecule has 0 bridgehead atoms. The minimum absolute atomic E-state index is 0.159. The normalized spacial score (nSPS) is 11.5. The standard InChI is InChI=1S/C13H17ClO3/c1-4-8-5-10(14)6-9(11(8)15)7-13(2,3)12(16)17/h5-6,15H,4,7H2,1-3H3,(H,16,17). The van der Waals surface area contributed by atoms with Gasteiger partial charge in [0, 0.05) is 5.02 Å². The van der Waals surface area contributed by atoms with E-state index >= 15 is 0 Å². The molecular formula is C13H17ClO3. The van der Waals surface area contributed by atoms with Crippen molar-refractivity contribution in [2.45, 2.75) is 33.6 Å². The monoisotopic (exact) mass is 256 g/mol. The third-order valence-corrected chi connectivity index (χ3v) is 3.04. The van der Waals surface area contributed by atoms with Crippen LogP contribution in [-0.2, 0) is 17.6 Å². The van der Waals surface area contributed by atoms with Crippen molar-refractivity contribution < 1.29 is 15.0 Å². The summed E-state index contributed by atoms with van der Waals surface area (Å²) in [6, 6.07) is 3.33. The van der Waals surface area contributed by atoms with Crippen LogP contribution in [0.5, 0.6) is 5.75 Å². The number of carboxylic acids is 1. The van der Waals surface area contributed by atoms with Crippen molar-refractivity contribution in [3.63, 3.8) is 0 Å². The number of hydrogen-bond acceptors (Lipinski definition) is 2. The van der Waals surface area contributed by atoms with Crippen molar-refractivity contribution in [2.24, 2.45) is 5.41 Å². The van der Waals surface area contributed by atoms with Crippen LogP contribution in [-0.4, -0.2) is 16.2 Å². The summed E-state index contributed by atoms with van der Waals surface area (Å²) < 4.78 is 0. The summed E-state index contributed by atoms with van der Waals surface area (Å²) in [6.07, 6.45) is 0.911. The van der Waals surface area contributed by atoms with E-state index in [0.717, 1.165) is 5.56 Å². The van der Waals surface area contributed by atoms with Gasteiger partial charge in [-0.25, -0.2) is 0 Å². The number of phenolic OH excluding ortho intramolecular Hbond substituents is 1. The van der Waals surface area contributed by atoms with Gasteiger partial charge in [-0.15, -0.1) is 0 Å². The van der Waals surface area contributed by atoms with Gasteiger partial charge in [0.05, 0.1) is 5.41 Å². The van der Waals surface area contributed by atoms with E-state index in [4.69, 9.17) is 16.7 Å². The number of halogens is 1. The van der Waals surface area contributed by atoms with Crippen molar-refractivity contribution in [1.82, 2.24) is 0 Å². The molecule has 0 heterocycles. The van der Waals surface area contributed by atoms with E-state index < -0.39 is 11.4 Å². The second-order valence-corrected chi connectivity index (χ2v) is 5.23. The minimum atomic E-state index is -0.923. The number of hydrogen-bond donors (Lipinski definition) is 2. The number of rotatable bonds is 4. The van der Waals surface area contributed by atoms with Crippen LogP contribution in [0.4, 0.5) is 0 Å². The van der Waals surface area contributed by atoms with Crippen LogP contribution in [0.15, 0.2) is 12.1 Å². The van der Waals surface area contributed by atoms with Gasteiger partial charge >= 0.3 is 5.97 Å². The molecule has 3 nitrogen and oxygen atoms in total. The zero-order valence-corrected chi connectivity index (χ0v) is 11.0. The number of aromatic hydroxyl groups is 1. The van der Waals surface area contributed by atoms with Crippen LogP contribution >= 0.6 is 11.6 Å². The highest BCUT2D eigenvalue weighted by Crippen LogP contribution is 2.32. The van der Waals surface area contributed by atoms with Crippen molar-refractivity contribution in [2.75, 3.05) is 0 Å². The molecule has 0 atom stereocenters. The van der Waals surface area contributed by atoms with Crippen molar-refractivity contribution in [3.8, 4) is 5.75 Å². The Bertz CT molecular complexity index is 439. The van der Waals surface area contributed by atoms with Gasteiger partial charge in [0.2, 0.25) is 0 Å². The predicted octanol–water partition coefficient (Wildman–Crippen LogP) is 3.26. The number of benzene rings is 1. The second kappa shape index (κ2) is 4.96. The highest BCUT2D eigenvalue weighted by Gasteiger charge is 2.29. The van der Waals surface area contributed by atoms with Gasteiger partial charge in [-0.1, -0.05) is 18.5 Å². The van der Waals surface area contributed by atoms with E-state index in [1.807, 2.05) is 6.92 Å². The van der Waals surface area contributed by atoms with E-state index in [0.29, 0.717) is 17.0 Å². The van der Waals surface area contributed by atoms with Crippen LogP contribution in [0, 0.1) is 5.41 Å². The first-order valence-corrected chi connectivity index (χ1v) is 5.89. The number of aliphatic carboxylic acids is 1. The molecule has 4 heteroatoms. The molecule has 0 aliphatic carbocycles. The lowest BCUT2D eigenvalue weighted by atomic mass is 9.85. The topological polar surface area (TPSA) is 57.5 Å². The quantitative estimate of drug-likeness (QED) is 0.869. The first-order chi connectivity index (χ1) is 7.77. The molecule has 2 N–H and O–H groups in total. The molecule has 0 fully saturated rings. The molecule has 0 unspecified atom stereocenters. The number of aryl methyl sites for hydroxylation is 1. The Morgan fingerprint density at radius 1 is 1.35 bits per heavy atom. The van der Waals surface area contributed by atoms with Crippen LogP contribution in [0.3, 0.4) is 0 Å². The summed E-state index contributed by atoms with van der Waals surface area (Å²) in [4.78, 5) is 11.1. The number of carbonyl (C=O) groups is 1. The first-order valence-electron chi connectivity index (χ1n) is 5.51. The third kappa shape index (κ3) is 3.13. The smallest absolute Gasteiger partial charge is 0.309 e. The zero-order chi connectivity index (χ0) is 13.2. The maximum Gasteiger partial charge on any atom is 0.309 e. The molecule has 0 saturated carbocycles. The Hall–Kier alpha value is -1.22. The largest absolute Gasteiger partial charge is 0.507 e. The summed E-state index contributed by atoms with van der Waals surface area (Å²) in [5.41, 5.74) is 0.406. The van der Waals surface area contributed by atoms with Gasteiger partial charge in [-0.05, 0) is 49.9 Å². The Morgan fingerprint density at radius 2 is 1.88 bits per heavy atom. The van der Waals surface area contributed by atoms with Gasteiger partial charge in [-0.2, -0.15) is 0 Å². The highest BCUT2D eigenvalue weighted by atomic mass is 35.5. The Kier molecular flexibility index (Phi) is 4.04. The van der Waals surface area contributed by atoms with E-state index in [9.17, 15) is 9.90 Å². The molecule has 0 aliphatic rings. The summed E-state index contributed by atoms with van der Waals surface area (Å²) in [5, 5.41) is 19.6. The van der Waals surface area contributed by atoms with E-state index in [2.05, 4.69) is 0 Å². The average molecular weight is 257 g/mol. The molecule has 0 saturated heterocycles. The molecule has 0 spiro atoms. The molecule has 17 heavy (non-hydrogen) atoms. The maximum absolute atomic E-state index is 11.1. The lowest BCUT2D eigenvalue weighted by Crippen LogP contribution is -2.26. The highest BCUT2D eigenvalue weighted by molar-refractivity contribution is 6.30. The third-order valence-electron chi connectivity index (χ3n) is 2.82. The molecule has 0 aromatic heterocycles. The lowest BCUT2D eigenvalue weighted by Gasteiger charge is -2.20. The van der Waals surface area contributed by atoms with Gasteiger partial charge in [-0.3, -0.25) is 4.79 Å². The fourth-order valence-corrected chi connectivity index (χ4v) is 1.94. The molecule has 1 aromatic carbocycles. The fourth-order valence-electron chi connectivity index (χ4n) is 1.67. The minimum Gasteiger partial charge on any atom is -0.507 e. The average Bonchev–Trinajstić information content (AvgIpc) is 2.22. The summed E-state index contributed by atoms with van der Waals surface area (Å²) in [5.74, 6) is -0.735. The molecule has 0 radical (unpaired) electrons. The van der Waals surface area contributed by atoms with Crippen LogP contribution in [0.25, 0.3) is 0 Å². The fraction of sp³-hybridized carbons (Fsp3) is 0.462. The Balaban J connectivity index is 3.15. The zero-order valence-electron chi connectivity index (χ0n) is 10.2. The lowest BCUT2D eigenvalue weighted by molar-refractivity contribution is -0.146. The molecule has 0 amide bonds. The molecule has 0 aliphatic heterocycles. The van der Waals surface area contributed by atoms with E-state index in [-0.39, 0.29) is 12.2 Å².